The highest BCUT2D eigenvalue weighted by atomic mass is 32.1. The summed E-state index contributed by atoms with van der Waals surface area (Å²) in [5.41, 5.74) is 2.44. The van der Waals surface area contributed by atoms with E-state index in [4.69, 9.17) is 4.42 Å². The summed E-state index contributed by atoms with van der Waals surface area (Å²) in [6.07, 6.45) is 2.33. The Hall–Kier alpha value is -2.34. The van der Waals surface area contributed by atoms with Crippen LogP contribution in [0.15, 0.2) is 50.3 Å². The topological polar surface area (TPSA) is 55.5 Å². The summed E-state index contributed by atoms with van der Waals surface area (Å²) in [5, 5.41) is 4.00. The molecular formula is C18H18N2O3S. The fourth-order valence-electron chi connectivity index (χ4n) is 3.42. The Morgan fingerprint density at radius 1 is 1.29 bits per heavy atom. The number of hydrogen-bond donors (Lipinski definition) is 0. The maximum atomic E-state index is 12.6. The van der Waals surface area contributed by atoms with Gasteiger partial charge in [-0.05, 0) is 47.4 Å². The summed E-state index contributed by atoms with van der Waals surface area (Å²) in [6, 6.07) is 9.45. The van der Waals surface area contributed by atoms with Crippen LogP contribution in [-0.2, 0) is 17.8 Å². The van der Waals surface area contributed by atoms with Crippen LogP contribution < -0.4 is 5.76 Å². The van der Waals surface area contributed by atoms with E-state index in [0.29, 0.717) is 18.5 Å². The molecule has 0 spiro atoms. The molecule has 3 aromatic rings. The molecule has 1 aromatic carbocycles. The van der Waals surface area contributed by atoms with Gasteiger partial charge in [-0.2, -0.15) is 11.3 Å². The lowest BCUT2D eigenvalue weighted by Gasteiger charge is -2.24. The smallest absolute Gasteiger partial charge is 0.408 e. The highest BCUT2D eigenvalue weighted by Gasteiger charge is 2.30. The molecule has 4 rings (SSSR count). The molecular weight excluding hydrogens is 324 g/mol. The van der Waals surface area contributed by atoms with Gasteiger partial charge < -0.3 is 9.32 Å². The quantitative estimate of drug-likeness (QED) is 0.732. The largest absolute Gasteiger partial charge is 0.420 e. The number of carbonyl (C=O) groups excluding carboxylic acids is 1. The molecule has 0 bridgehead atoms. The SMILES string of the molecule is O=C(Cc1ccsc1)N1CCC[C@@H]1Cn1c(=O)oc2ccccc21. The zero-order chi connectivity index (χ0) is 16.5. The molecule has 0 N–H and O–H groups in total. The molecule has 0 radical (unpaired) electrons. The van der Waals surface area contributed by atoms with Gasteiger partial charge in [0.1, 0.15) is 0 Å². The predicted octanol–water partition coefficient (Wildman–Crippen LogP) is 2.89. The fourth-order valence-corrected chi connectivity index (χ4v) is 4.09. The van der Waals surface area contributed by atoms with Gasteiger partial charge in [-0.3, -0.25) is 9.36 Å². The van der Waals surface area contributed by atoms with Gasteiger partial charge >= 0.3 is 5.76 Å². The third-order valence-electron chi connectivity index (χ3n) is 4.60. The van der Waals surface area contributed by atoms with Crippen molar-refractivity contribution in [3.8, 4) is 0 Å². The van der Waals surface area contributed by atoms with E-state index in [2.05, 4.69) is 0 Å². The first-order valence-corrected chi connectivity index (χ1v) is 9.05. The molecule has 5 nitrogen and oxygen atoms in total. The summed E-state index contributed by atoms with van der Waals surface area (Å²) >= 11 is 1.60. The number of nitrogens with zero attached hydrogens (tertiary/aromatic N) is 2. The number of thiophene rings is 1. The Labute approximate surface area is 143 Å². The summed E-state index contributed by atoms with van der Waals surface area (Å²) in [4.78, 5) is 26.7. The molecule has 1 saturated heterocycles. The number of hydrogen-bond acceptors (Lipinski definition) is 4. The molecule has 0 unspecified atom stereocenters. The van der Waals surface area contributed by atoms with Crippen molar-refractivity contribution in [2.45, 2.75) is 31.8 Å². The van der Waals surface area contributed by atoms with E-state index in [1.807, 2.05) is 39.9 Å². The molecule has 6 heteroatoms. The van der Waals surface area contributed by atoms with Crippen molar-refractivity contribution in [3.63, 3.8) is 0 Å². The van der Waals surface area contributed by atoms with Gasteiger partial charge in [-0.1, -0.05) is 12.1 Å². The van der Waals surface area contributed by atoms with Crippen LogP contribution in [0.4, 0.5) is 0 Å². The normalized spacial score (nSPS) is 17.7. The fraction of sp³-hybridized carbons (Fsp3) is 0.333. The minimum atomic E-state index is -0.353. The van der Waals surface area contributed by atoms with Crippen molar-refractivity contribution < 1.29 is 9.21 Å². The van der Waals surface area contributed by atoms with Gasteiger partial charge in [0.2, 0.25) is 5.91 Å². The summed E-state index contributed by atoms with van der Waals surface area (Å²) < 4.78 is 6.94. The van der Waals surface area contributed by atoms with Gasteiger partial charge in [0, 0.05) is 19.1 Å². The highest BCUT2D eigenvalue weighted by molar-refractivity contribution is 7.08. The Morgan fingerprint density at radius 2 is 2.17 bits per heavy atom. The van der Waals surface area contributed by atoms with E-state index in [1.54, 1.807) is 22.0 Å². The molecule has 1 aliphatic heterocycles. The number of carbonyl (C=O) groups is 1. The van der Waals surface area contributed by atoms with Gasteiger partial charge in [0.25, 0.3) is 0 Å². The first-order valence-electron chi connectivity index (χ1n) is 8.11. The number of rotatable bonds is 4. The molecule has 2 aromatic heterocycles. The highest BCUT2D eigenvalue weighted by Crippen LogP contribution is 2.22. The van der Waals surface area contributed by atoms with Gasteiger partial charge in [0.15, 0.2) is 5.58 Å². The van der Waals surface area contributed by atoms with E-state index in [9.17, 15) is 9.59 Å². The second-order valence-electron chi connectivity index (χ2n) is 6.14. The average Bonchev–Trinajstić information content (AvgIpc) is 3.29. The molecule has 0 saturated carbocycles. The van der Waals surface area contributed by atoms with Crippen LogP contribution in [0.1, 0.15) is 18.4 Å². The van der Waals surface area contributed by atoms with Crippen molar-refractivity contribution in [1.82, 2.24) is 9.47 Å². The number of oxazole rings is 1. The maximum absolute atomic E-state index is 12.6. The molecule has 0 aliphatic carbocycles. The first-order chi connectivity index (χ1) is 11.7. The van der Waals surface area contributed by atoms with Crippen molar-refractivity contribution >= 4 is 28.3 Å². The standard InChI is InChI=1S/C18H18N2O3S/c21-17(10-13-7-9-24-12-13)19-8-3-4-14(19)11-20-15-5-1-2-6-16(15)23-18(20)22/h1-2,5-7,9,12,14H,3-4,8,10-11H2/t14-/m1/s1. The number of likely N-dealkylation sites (tertiary alicyclic amines) is 1. The lowest BCUT2D eigenvalue weighted by molar-refractivity contribution is -0.131. The van der Waals surface area contributed by atoms with Crippen LogP contribution in [0.3, 0.4) is 0 Å². The number of aromatic nitrogens is 1. The molecule has 124 valence electrons. The number of amides is 1. The molecule has 1 aliphatic rings. The molecule has 24 heavy (non-hydrogen) atoms. The zero-order valence-electron chi connectivity index (χ0n) is 13.2. The maximum Gasteiger partial charge on any atom is 0.420 e. The van der Waals surface area contributed by atoms with Crippen LogP contribution >= 0.6 is 11.3 Å². The van der Waals surface area contributed by atoms with Gasteiger partial charge in [0.05, 0.1) is 11.9 Å². The Bertz CT molecular complexity index is 910. The van der Waals surface area contributed by atoms with E-state index in [1.165, 1.54) is 0 Å². The van der Waals surface area contributed by atoms with Crippen molar-refractivity contribution in [2.75, 3.05) is 6.54 Å². The van der Waals surface area contributed by atoms with E-state index < -0.39 is 0 Å². The third kappa shape index (κ3) is 2.78. The van der Waals surface area contributed by atoms with Crippen LogP contribution in [0.5, 0.6) is 0 Å². The van der Waals surface area contributed by atoms with E-state index in [-0.39, 0.29) is 17.7 Å². The van der Waals surface area contributed by atoms with Gasteiger partial charge in [-0.15, -0.1) is 0 Å². The second kappa shape index (κ2) is 6.28. The number of benzene rings is 1. The van der Waals surface area contributed by atoms with Gasteiger partial charge in [-0.25, -0.2) is 4.79 Å². The van der Waals surface area contributed by atoms with Crippen LogP contribution in [0.2, 0.25) is 0 Å². The van der Waals surface area contributed by atoms with Crippen LogP contribution in [0, 0.1) is 0 Å². The predicted molar refractivity (Wildman–Crippen MR) is 93.2 cm³/mol. The van der Waals surface area contributed by atoms with Crippen LogP contribution in [-0.4, -0.2) is 28.0 Å². The molecule has 1 fully saturated rings. The van der Waals surface area contributed by atoms with E-state index >= 15 is 0 Å². The van der Waals surface area contributed by atoms with Crippen molar-refractivity contribution in [2.24, 2.45) is 0 Å². The summed E-state index contributed by atoms with van der Waals surface area (Å²) in [7, 11) is 0. The Morgan fingerprint density at radius 3 is 3.00 bits per heavy atom. The summed E-state index contributed by atoms with van der Waals surface area (Å²) in [6.45, 7) is 1.25. The Kier molecular flexibility index (Phi) is 3.98. The monoisotopic (exact) mass is 342 g/mol. The summed E-state index contributed by atoms with van der Waals surface area (Å²) in [5.74, 6) is -0.218. The Balaban J connectivity index is 1.55. The lowest BCUT2D eigenvalue weighted by atomic mass is 10.2. The lowest BCUT2D eigenvalue weighted by Crippen LogP contribution is -2.40. The van der Waals surface area contributed by atoms with E-state index in [0.717, 1.165) is 30.5 Å². The zero-order valence-corrected chi connectivity index (χ0v) is 14.0. The molecule has 1 atom stereocenters. The first kappa shape index (κ1) is 15.2. The van der Waals surface area contributed by atoms with Crippen molar-refractivity contribution in [1.29, 1.82) is 0 Å². The third-order valence-corrected chi connectivity index (χ3v) is 5.33. The molecule has 1 amide bonds. The van der Waals surface area contributed by atoms with Crippen LogP contribution in [0.25, 0.3) is 11.1 Å². The number of para-hydroxylation sites is 2. The second-order valence-corrected chi connectivity index (χ2v) is 6.92. The number of fused-ring (bicyclic) bond motifs is 1. The minimum Gasteiger partial charge on any atom is -0.408 e. The average molecular weight is 342 g/mol. The van der Waals surface area contributed by atoms with Crippen molar-refractivity contribution in [3.05, 3.63) is 57.2 Å². The molecule has 3 heterocycles. The minimum absolute atomic E-state index is 0.0508.